The molecule has 292 valence electrons. The second kappa shape index (κ2) is 20.9. The van der Waals surface area contributed by atoms with Crippen molar-refractivity contribution in [3.05, 3.63) is 57.6 Å². The van der Waals surface area contributed by atoms with Crippen LogP contribution in [0, 0.1) is 0 Å². The molecule has 4 aliphatic carbocycles. The number of phenolic OH excluding ortho intramolecular Hbond substituents is 2. The summed E-state index contributed by atoms with van der Waals surface area (Å²) in [5.41, 5.74) is 6.75. The summed E-state index contributed by atoms with van der Waals surface area (Å²) in [5, 5.41) is 22.8. The van der Waals surface area contributed by atoms with Crippen LogP contribution in [0.3, 0.4) is 0 Å². The van der Waals surface area contributed by atoms with Crippen LogP contribution in [0.1, 0.15) is 198 Å². The van der Waals surface area contributed by atoms with Gasteiger partial charge in [-0.3, -0.25) is 9.59 Å². The fraction of sp³-hybridized carbons (Fsp3) is 0.696. The summed E-state index contributed by atoms with van der Waals surface area (Å²) >= 11 is 1.63. The van der Waals surface area contributed by atoms with E-state index in [1.807, 2.05) is 0 Å². The van der Waals surface area contributed by atoms with Crippen LogP contribution in [-0.4, -0.2) is 46.9 Å². The number of hydrogen-bond donors (Lipinski definition) is 2. The Bertz CT molecular complexity index is 1270. The van der Waals surface area contributed by atoms with Crippen molar-refractivity contribution in [3.8, 4) is 11.5 Å². The molecule has 0 saturated heterocycles. The second-order valence-corrected chi connectivity index (χ2v) is 17.9. The average molecular weight is 747 g/mol. The molecule has 4 fully saturated rings. The van der Waals surface area contributed by atoms with E-state index >= 15 is 0 Å². The summed E-state index contributed by atoms with van der Waals surface area (Å²) in [6.07, 6.45) is 26.0. The van der Waals surface area contributed by atoms with Crippen molar-refractivity contribution in [3.63, 3.8) is 0 Å². The van der Waals surface area contributed by atoms with Gasteiger partial charge in [0, 0.05) is 24.3 Å². The van der Waals surface area contributed by atoms with Gasteiger partial charge in [-0.05, 0) is 121 Å². The Morgan fingerprint density at radius 2 is 0.774 bits per heavy atom. The third-order valence-corrected chi connectivity index (χ3v) is 13.8. The van der Waals surface area contributed by atoms with Crippen LogP contribution in [-0.2, 0) is 31.9 Å². The molecular weight excluding hydrogens is 681 g/mol. The highest BCUT2D eigenvalue weighted by atomic mass is 32.2. The highest BCUT2D eigenvalue weighted by Gasteiger charge is 2.27. The number of aryl methyl sites for hydroxylation is 2. The molecule has 6 rings (SSSR count). The third kappa shape index (κ3) is 11.7. The normalized spacial score (nSPS) is 19.6. The van der Waals surface area contributed by atoms with E-state index in [1.165, 1.54) is 77.0 Å². The van der Waals surface area contributed by atoms with Crippen LogP contribution < -0.4 is 0 Å². The Morgan fingerprint density at radius 3 is 1.06 bits per heavy atom. The van der Waals surface area contributed by atoms with E-state index in [9.17, 15) is 19.8 Å². The van der Waals surface area contributed by atoms with Gasteiger partial charge in [-0.25, -0.2) is 0 Å². The smallest absolute Gasteiger partial charge is 0.306 e. The molecule has 53 heavy (non-hydrogen) atoms. The van der Waals surface area contributed by atoms with Gasteiger partial charge >= 0.3 is 11.9 Å². The minimum absolute atomic E-state index is 0.184. The summed E-state index contributed by atoms with van der Waals surface area (Å²) in [6, 6.07) is 8.71. The van der Waals surface area contributed by atoms with Crippen molar-refractivity contribution >= 4 is 23.7 Å². The monoisotopic (exact) mass is 746 g/mol. The predicted octanol–water partition coefficient (Wildman–Crippen LogP) is 11.7. The number of hydrogen-bond acceptors (Lipinski definition) is 7. The van der Waals surface area contributed by atoms with Gasteiger partial charge in [0.05, 0.1) is 0 Å². The first-order valence-corrected chi connectivity index (χ1v) is 22.7. The standard InChI is InChI=1S/C46H66O6S/c47-43(23-21-33-29-39(35-13-5-1-6-14-35)45(49)40(30-33)36-15-7-2-8-16-36)51-25-27-53-28-26-52-44(48)24-22-34-31-41(37-17-9-3-10-18-37)46(50)42(32-34)38-19-11-4-12-20-38/h29-32,35-38,49-50H,1-28H2. The fourth-order valence-corrected chi connectivity index (χ4v) is 10.5. The van der Waals surface area contributed by atoms with E-state index in [-0.39, 0.29) is 11.9 Å². The maximum absolute atomic E-state index is 12.7. The van der Waals surface area contributed by atoms with Gasteiger partial charge in [0.25, 0.3) is 0 Å². The van der Waals surface area contributed by atoms with Crippen LogP contribution in [0.4, 0.5) is 0 Å². The SMILES string of the molecule is O=C(CCc1cc(C2CCCCC2)c(O)c(C2CCCCC2)c1)OCCSCCOC(=O)CCc1cc(C2CCCCC2)c(O)c(C2CCCCC2)c1. The summed E-state index contributed by atoms with van der Waals surface area (Å²) in [5.74, 6) is 3.72. The van der Waals surface area contributed by atoms with Crippen LogP contribution in [0.15, 0.2) is 24.3 Å². The van der Waals surface area contributed by atoms with E-state index in [0.29, 0.717) is 85.6 Å². The van der Waals surface area contributed by atoms with Crippen molar-refractivity contribution in [2.75, 3.05) is 24.7 Å². The van der Waals surface area contributed by atoms with E-state index in [0.717, 1.165) is 84.7 Å². The zero-order valence-electron chi connectivity index (χ0n) is 32.4. The molecule has 0 atom stereocenters. The van der Waals surface area contributed by atoms with Crippen LogP contribution in [0.2, 0.25) is 0 Å². The molecule has 2 aromatic carbocycles. The highest BCUT2D eigenvalue weighted by molar-refractivity contribution is 7.99. The Hall–Kier alpha value is -2.67. The van der Waals surface area contributed by atoms with E-state index in [1.54, 1.807) is 11.8 Å². The molecular formula is C46H66O6S. The lowest BCUT2D eigenvalue weighted by molar-refractivity contribution is -0.143. The van der Waals surface area contributed by atoms with Crippen molar-refractivity contribution in [1.82, 2.24) is 0 Å². The molecule has 0 unspecified atom stereocenters. The first-order valence-electron chi connectivity index (χ1n) is 21.6. The first-order chi connectivity index (χ1) is 26.0. The van der Waals surface area contributed by atoms with E-state index in [2.05, 4.69) is 24.3 Å². The van der Waals surface area contributed by atoms with Crippen LogP contribution in [0.5, 0.6) is 11.5 Å². The van der Waals surface area contributed by atoms with Crippen molar-refractivity contribution in [2.24, 2.45) is 0 Å². The highest BCUT2D eigenvalue weighted by Crippen LogP contribution is 2.46. The second-order valence-electron chi connectivity index (χ2n) is 16.6. The molecule has 0 aliphatic heterocycles. The average Bonchev–Trinajstić information content (AvgIpc) is 3.21. The van der Waals surface area contributed by atoms with Gasteiger partial charge in [0.1, 0.15) is 24.7 Å². The molecule has 7 heteroatoms. The minimum atomic E-state index is -0.184. The van der Waals surface area contributed by atoms with Crippen molar-refractivity contribution in [2.45, 2.75) is 178 Å². The van der Waals surface area contributed by atoms with Gasteiger partial charge in [-0.15, -0.1) is 0 Å². The van der Waals surface area contributed by atoms with Crippen LogP contribution in [0.25, 0.3) is 0 Å². The molecule has 2 aromatic rings. The molecule has 4 saturated carbocycles. The lowest BCUT2D eigenvalue weighted by Gasteiger charge is -2.28. The number of carbonyl (C=O) groups is 2. The van der Waals surface area contributed by atoms with Gasteiger partial charge in [-0.2, -0.15) is 11.8 Å². The Morgan fingerprint density at radius 1 is 0.491 bits per heavy atom. The Labute approximate surface area is 323 Å². The van der Waals surface area contributed by atoms with E-state index < -0.39 is 0 Å². The number of esters is 2. The molecule has 6 nitrogen and oxygen atoms in total. The Balaban J connectivity index is 0.901. The molecule has 0 aromatic heterocycles. The number of aromatic hydroxyl groups is 2. The minimum Gasteiger partial charge on any atom is -0.507 e. The van der Waals surface area contributed by atoms with Gasteiger partial charge < -0.3 is 19.7 Å². The quantitative estimate of drug-likeness (QED) is 0.130. The number of carbonyl (C=O) groups excluding carboxylic acids is 2. The largest absolute Gasteiger partial charge is 0.507 e. The maximum Gasteiger partial charge on any atom is 0.306 e. The topological polar surface area (TPSA) is 93.1 Å². The lowest BCUT2D eigenvalue weighted by Crippen LogP contribution is -2.12. The van der Waals surface area contributed by atoms with E-state index in [4.69, 9.17) is 9.47 Å². The molecule has 0 amide bonds. The number of benzene rings is 2. The number of rotatable bonds is 16. The maximum atomic E-state index is 12.7. The Kier molecular flexibility index (Phi) is 15.7. The first kappa shape index (κ1) is 40.0. The molecule has 4 aliphatic rings. The van der Waals surface area contributed by atoms with Crippen LogP contribution >= 0.6 is 11.8 Å². The number of ether oxygens (including phenoxy) is 2. The third-order valence-electron chi connectivity index (χ3n) is 12.9. The molecule has 0 radical (unpaired) electrons. The zero-order chi connectivity index (χ0) is 36.8. The summed E-state index contributed by atoms with van der Waals surface area (Å²) in [6.45, 7) is 0.697. The van der Waals surface area contributed by atoms with Gasteiger partial charge in [0.15, 0.2) is 0 Å². The zero-order valence-corrected chi connectivity index (χ0v) is 33.2. The summed E-state index contributed by atoms with van der Waals surface area (Å²) in [4.78, 5) is 25.4. The molecule has 0 spiro atoms. The van der Waals surface area contributed by atoms with Gasteiger partial charge in [0.2, 0.25) is 0 Å². The van der Waals surface area contributed by atoms with Crippen molar-refractivity contribution in [1.29, 1.82) is 0 Å². The summed E-state index contributed by atoms with van der Waals surface area (Å²) in [7, 11) is 0. The lowest BCUT2D eigenvalue weighted by atomic mass is 9.78. The number of thioether (sulfide) groups is 1. The molecule has 0 heterocycles. The van der Waals surface area contributed by atoms with Gasteiger partial charge in [-0.1, -0.05) is 101 Å². The number of phenols is 2. The summed E-state index contributed by atoms with van der Waals surface area (Å²) < 4.78 is 11.2. The molecule has 0 bridgehead atoms. The molecule has 2 N–H and O–H groups in total. The fourth-order valence-electron chi connectivity index (χ4n) is 9.84. The van der Waals surface area contributed by atoms with Crippen molar-refractivity contribution < 1.29 is 29.3 Å². The predicted molar refractivity (Wildman–Crippen MR) is 215 cm³/mol.